The number of aromatic nitrogens is 5. The molecule has 1 unspecified atom stereocenters. The second-order valence-corrected chi connectivity index (χ2v) is 20.1. The molecular formula is C56H59F7N12O6. The van der Waals surface area contributed by atoms with Gasteiger partial charge in [-0.15, -0.1) is 0 Å². The normalized spacial score (nSPS) is 19.3. The average Bonchev–Trinajstić information content (AvgIpc) is 3.53. The van der Waals surface area contributed by atoms with E-state index in [1.165, 1.54) is 18.3 Å². The molecule has 1 atom stereocenters. The molecular weight excluding hydrogens is 1070 g/mol. The minimum Gasteiger partial charge on any atom is -0.399 e. The number of hydrogen-bond acceptors (Lipinski definition) is 14. The fourth-order valence-corrected chi connectivity index (χ4v) is 9.31. The highest BCUT2D eigenvalue weighted by atomic mass is 19.3. The summed E-state index contributed by atoms with van der Waals surface area (Å²) in [5.74, 6) is -7.35. The van der Waals surface area contributed by atoms with Crippen LogP contribution in [-0.4, -0.2) is 96.3 Å². The molecule has 0 aliphatic carbocycles. The number of anilines is 6. The van der Waals surface area contributed by atoms with E-state index in [9.17, 15) is 60.9 Å². The molecule has 11 rings (SSSR count). The quantitative estimate of drug-likeness (QED) is 0.0445. The van der Waals surface area contributed by atoms with Gasteiger partial charge in [-0.2, -0.15) is 4.98 Å². The number of pyridine rings is 1. The molecule has 4 aliphatic heterocycles. The Morgan fingerprint density at radius 1 is 0.617 bits per heavy atom. The van der Waals surface area contributed by atoms with Crippen molar-refractivity contribution in [2.24, 2.45) is 0 Å². The molecule has 3 fully saturated rings. The Morgan fingerprint density at radius 3 is 1.56 bits per heavy atom. The molecule has 7 heterocycles. The Labute approximate surface area is 460 Å². The van der Waals surface area contributed by atoms with Crippen LogP contribution in [0.15, 0.2) is 138 Å². The first-order valence-electron chi connectivity index (χ1n) is 26.0. The highest BCUT2D eigenvalue weighted by Gasteiger charge is 2.36. The lowest BCUT2D eigenvalue weighted by Crippen LogP contribution is -2.39. The fraction of sp³-hybridized carbons (Fsp3) is 0.357. The van der Waals surface area contributed by atoms with Crippen LogP contribution in [0.5, 0.6) is 0 Å². The Hall–Kier alpha value is -8.61. The minimum absolute atomic E-state index is 0.0103. The zero-order valence-corrected chi connectivity index (χ0v) is 44.0. The number of allylic oxidation sites excluding steroid dienone is 2. The Bertz CT molecular complexity index is 3350. The molecule has 81 heavy (non-hydrogen) atoms. The highest BCUT2D eigenvalue weighted by Crippen LogP contribution is 2.34. The first kappa shape index (κ1) is 58.5. The average molecular weight is 1130 g/mol. The van der Waals surface area contributed by atoms with E-state index >= 15 is 0 Å². The molecule has 3 aromatic heterocycles. The van der Waals surface area contributed by atoms with E-state index < -0.39 is 39.0 Å². The largest absolute Gasteiger partial charge is 0.399 e. The van der Waals surface area contributed by atoms with Gasteiger partial charge >= 0.3 is 0 Å². The first-order chi connectivity index (χ1) is 38.4. The van der Waals surface area contributed by atoms with Crippen LogP contribution in [0, 0.1) is 26.0 Å². The summed E-state index contributed by atoms with van der Waals surface area (Å²) < 4.78 is 94.1. The van der Waals surface area contributed by atoms with E-state index in [4.69, 9.17) is 10.7 Å². The molecule has 3 saturated heterocycles. The van der Waals surface area contributed by atoms with Crippen molar-refractivity contribution in [3.05, 3.63) is 176 Å². The monoisotopic (exact) mass is 1130 g/mol. The van der Waals surface area contributed by atoms with Crippen molar-refractivity contribution in [1.29, 1.82) is 0 Å². The molecule has 0 spiro atoms. The number of nitro benzene ring substituents is 2. The minimum atomic E-state index is -2.59. The Balaban J connectivity index is 0.000000167. The first-order valence-corrected chi connectivity index (χ1v) is 26.0. The van der Waals surface area contributed by atoms with Crippen molar-refractivity contribution in [1.82, 2.24) is 24.3 Å². The molecule has 18 nitrogen and oxygen atoms in total. The zero-order chi connectivity index (χ0) is 58.1. The molecule has 0 saturated carbocycles. The maximum Gasteiger partial charge on any atom is 0.278 e. The Kier molecular flexibility index (Phi) is 17.9. The SMILES string of the molecule is CC1(O)CC/C=C\Cn2c(=O)c3cnc(Nc4ccc(N5CCC(F)(F)CC5)cc4)nc3n2-c2cccc1n2.Nc1ccc(N2CCC(F)(F)CC2)cc1.O=[N+]([O-])c1ccc(F)cc1.O=[N+]([O-])c1ccc(N2CCC(F)(F)CC2)cc1. The highest BCUT2D eigenvalue weighted by molar-refractivity contribution is 5.77. The molecule has 0 radical (unpaired) electrons. The predicted octanol–water partition coefficient (Wildman–Crippen LogP) is 11.6. The number of nitrogen functional groups attached to an aromatic ring is 1. The summed E-state index contributed by atoms with van der Waals surface area (Å²) in [6.07, 6.45) is 5.77. The lowest BCUT2D eigenvalue weighted by atomic mass is 9.95. The Morgan fingerprint density at radius 2 is 1.07 bits per heavy atom. The van der Waals surface area contributed by atoms with Crippen LogP contribution in [0.25, 0.3) is 16.9 Å². The molecule has 0 amide bonds. The van der Waals surface area contributed by atoms with Crippen LogP contribution in [-0.2, 0) is 12.1 Å². The number of non-ortho nitro benzene ring substituents is 2. The second-order valence-electron chi connectivity index (χ2n) is 20.1. The van der Waals surface area contributed by atoms with Crippen molar-refractivity contribution in [3.63, 3.8) is 0 Å². The molecule has 4 aliphatic rings. The smallest absolute Gasteiger partial charge is 0.278 e. The number of rotatable bonds is 7. The number of halogens is 7. The number of piperidine rings is 3. The van der Waals surface area contributed by atoms with Crippen LogP contribution in [0.4, 0.5) is 76.5 Å². The number of nitrogens with two attached hydrogens (primary N) is 1. The van der Waals surface area contributed by atoms with Crippen molar-refractivity contribution in [3.8, 4) is 5.82 Å². The number of hydrogen-bond donors (Lipinski definition) is 3. The number of nitrogens with zero attached hydrogens (tertiary/aromatic N) is 10. The van der Waals surface area contributed by atoms with Crippen LogP contribution < -0.4 is 31.3 Å². The van der Waals surface area contributed by atoms with Gasteiger partial charge in [-0.05, 0) is 105 Å². The third-order valence-corrected chi connectivity index (χ3v) is 14.1. The molecule has 25 heteroatoms. The standard InChI is InChI=1S/C28H29F2N7O2.C11H12F2N2O2.C11H14F2N2.C6H4FNO2/c1-27(39)12-3-2-4-15-36-25(38)21-18-31-26(34-24(21)37(36)23-7-5-6-22(27)33-23)32-19-8-10-20(11-9-19)35-16-13-28(29,30)14-17-35;12-11(13)5-7-14(8-6-11)9-1-3-10(4-2-9)15(16)17;12-11(13)5-7-15(8-6-11)10-3-1-9(14)2-4-10;7-5-1-3-6(4-2-5)8(9)10/h2,4-11,18,39H,3,12-17H2,1H3,(H,31,32,34);1-4H,5-8H2;1-4H,5-8,14H2;1-4H/b4-2-;;;. The van der Waals surface area contributed by atoms with Gasteiger partial charge in [-0.3, -0.25) is 25.0 Å². The molecule has 4 N–H and O–H groups in total. The predicted molar refractivity (Wildman–Crippen MR) is 295 cm³/mol. The topological polar surface area (TPSA) is 220 Å². The molecule has 2 bridgehead atoms. The summed E-state index contributed by atoms with van der Waals surface area (Å²) >= 11 is 0. The lowest BCUT2D eigenvalue weighted by molar-refractivity contribution is -0.385. The molecule has 428 valence electrons. The fourth-order valence-electron chi connectivity index (χ4n) is 9.31. The van der Waals surface area contributed by atoms with E-state index in [0.717, 1.165) is 47.0 Å². The van der Waals surface area contributed by atoms with Gasteiger partial charge in [-0.25, -0.2) is 50.1 Å². The van der Waals surface area contributed by atoms with Gasteiger partial charge in [0, 0.05) is 137 Å². The van der Waals surface area contributed by atoms with Gasteiger partial charge in [0.25, 0.3) is 34.7 Å². The van der Waals surface area contributed by atoms with Crippen LogP contribution in [0.2, 0.25) is 0 Å². The van der Waals surface area contributed by atoms with Gasteiger partial charge in [0.1, 0.15) is 16.8 Å². The van der Waals surface area contributed by atoms with Crippen molar-refractivity contribution >= 4 is 56.8 Å². The van der Waals surface area contributed by atoms with Crippen LogP contribution in [0.3, 0.4) is 0 Å². The van der Waals surface area contributed by atoms with Gasteiger partial charge in [0.2, 0.25) is 5.95 Å². The maximum atomic E-state index is 13.5. The van der Waals surface area contributed by atoms with Crippen LogP contribution >= 0.6 is 0 Å². The summed E-state index contributed by atoms with van der Waals surface area (Å²) in [4.78, 5) is 52.2. The number of nitro groups is 2. The third kappa shape index (κ3) is 15.4. The third-order valence-electron chi connectivity index (χ3n) is 14.1. The number of aliphatic hydroxyl groups is 1. The summed E-state index contributed by atoms with van der Waals surface area (Å²) in [5.41, 5.74) is 9.04. The maximum absolute atomic E-state index is 13.5. The van der Waals surface area contributed by atoms with Gasteiger partial charge in [0.15, 0.2) is 11.5 Å². The van der Waals surface area contributed by atoms with E-state index in [1.54, 1.807) is 52.7 Å². The van der Waals surface area contributed by atoms with Crippen molar-refractivity contribution < 1.29 is 45.7 Å². The summed E-state index contributed by atoms with van der Waals surface area (Å²) in [6, 6.07) is 30.5. The molecule has 4 aromatic carbocycles. The van der Waals surface area contributed by atoms with Gasteiger partial charge in [-0.1, -0.05) is 18.2 Å². The van der Waals surface area contributed by atoms with Crippen molar-refractivity contribution in [2.45, 2.75) is 88.2 Å². The number of alkyl halides is 6. The number of nitrogens with one attached hydrogen (secondary N) is 1. The number of benzene rings is 4. The summed E-state index contributed by atoms with van der Waals surface area (Å²) in [6.45, 7) is 4.07. The lowest BCUT2D eigenvalue weighted by Gasteiger charge is -2.33. The molecule has 7 aromatic rings. The van der Waals surface area contributed by atoms with E-state index in [0.29, 0.717) is 79.7 Å². The van der Waals surface area contributed by atoms with E-state index in [2.05, 4.69) is 15.3 Å². The zero-order valence-electron chi connectivity index (χ0n) is 44.0. The summed E-state index contributed by atoms with van der Waals surface area (Å²) in [7, 11) is 0. The van der Waals surface area contributed by atoms with Crippen LogP contribution in [0.1, 0.15) is 64.0 Å². The number of fused-ring (bicyclic) bond motifs is 6. The van der Waals surface area contributed by atoms with E-state index in [-0.39, 0.29) is 68.5 Å². The van der Waals surface area contributed by atoms with E-state index in [1.807, 2.05) is 69.3 Å². The van der Waals surface area contributed by atoms with Gasteiger partial charge < -0.3 is 30.9 Å². The summed E-state index contributed by atoms with van der Waals surface area (Å²) in [5, 5.41) is 35.0. The van der Waals surface area contributed by atoms with Crippen molar-refractivity contribution in [2.75, 3.05) is 65.0 Å². The second kappa shape index (κ2) is 24.8. The van der Waals surface area contributed by atoms with Gasteiger partial charge in [0.05, 0.1) is 22.1 Å².